The third-order valence-electron chi connectivity index (χ3n) is 9.95. The minimum Gasteiger partial charge on any atom is -0.457 e. The van der Waals surface area contributed by atoms with Gasteiger partial charge in [0.05, 0.1) is 16.8 Å². The first-order valence-corrected chi connectivity index (χ1v) is 17.5. The molecule has 0 atom stereocenters. The van der Waals surface area contributed by atoms with E-state index in [1.165, 1.54) is 22.3 Å². The van der Waals surface area contributed by atoms with Gasteiger partial charge in [0.1, 0.15) is 23.0 Å². The van der Waals surface area contributed by atoms with Gasteiger partial charge in [-0.15, -0.1) is 0 Å². The molecule has 51 heavy (non-hydrogen) atoms. The number of benzene rings is 5. The Balaban J connectivity index is 1.30. The molecule has 8 rings (SSSR count). The van der Waals surface area contributed by atoms with Crippen LogP contribution >= 0.6 is 0 Å². The molecule has 3 heterocycles. The summed E-state index contributed by atoms with van der Waals surface area (Å²) in [5.41, 5.74) is 11.1. The van der Waals surface area contributed by atoms with Gasteiger partial charge in [0, 0.05) is 29.1 Å². The predicted molar refractivity (Wildman–Crippen MR) is 206 cm³/mol. The van der Waals surface area contributed by atoms with E-state index in [4.69, 9.17) is 19.4 Å². The minimum absolute atomic E-state index is 0.00730. The van der Waals surface area contributed by atoms with Crippen molar-refractivity contribution in [2.24, 2.45) is 0 Å². The van der Waals surface area contributed by atoms with Crippen LogP contribution in [0, 0.1) is 13.8 Å². The van der Waals surface area contributed by atoms with E-state index < -0.39 is 5.41 Å². The van der Waals surface area contributed by atoms with E-state index in [9.17, 15) is 0 Å². The average Bonchev–Trinajstić information content (AvgIpc) is 3.14. The van der Waals surface area contributed by atoms with E-state index in [1.807, 2.05) is 54.9 Å². The molecule has 250 valence electrons. The van der Waals surface area contributed by atoms with Crippen LogP contribution in [0.4, 0.5) is 0 Å². The summed E-state index contributed by atoms with van der Waals surface area (Å²) in [6.07, 6.45) is 3.77. The molecule has 0 fully saturated rings. The van der Waals surface area contributed by atoms with Crippen LogP contribution in [0.2, 0.25) is 0 Å². The highest BCUT2D eigenvalue weighted by Crippen LogP contribution is 2.55. The fourth-order valence-electron chi connectivity index (χ4n) is 7.52. The van der Waals surface area contributed by atoms with Gasteiger partial charge >= 0.3 is 0 Å². The molecule has 0 N–H and O–H groups in total. The van der Waals surface area contributed by atoms with Crippen molar-refractivity contribution >= 4 is 0 Å². The predicted octanol–water partition coefficient (Wildman–Crippen LogP) is 12.0. The summed E-state index contributed by atoms with van der Waals surface area (Å²) < 4.78 is 13.4. The van der Waals surface area contributed by atoms with Crippen molar-refractivity contribution in [3.05, 3.63) is 191 Å². The van der Waals surface area contributed by atoms with Crippen molar-refractivity contribution in [2.75, 3.05) is 0 Å². The molecule has 1 aliphatic heterocycles. The Labute approximate surface area is 300 Å². The Morgan fingerprint density at radius 2 is 1.24 bits per heavy atom. The minimum atomic E-state index is -0.741. The monoisotopic (exact) mass is 664 g/mol. The lowest BCUT2D eigenvalue weighted by Crippen LogP contribution is -2.35. The largest absolute Gasteiger partial charge is 0.457 e. The molecule has 0 radical (unpaired) electrons. The Morgan fingerprint density at radius 3 is 1.92 bits per heavy atom. The average molecular weight is 665 g/mol. The molecular formula is C47H40N2O2. The number of hydrogen-bond donors (Lipinski definition) is 0. The zero-order chi connectivity index (χ0) is 35.2. The molecule has 4 nitrogen and oxygen atoms in total. The van der Waals surface area contributed by atoms with Crippen LogP contribution in [0.5, 0.6) is 23.0 Å². The van der Waals surface area contributed by atoms with Crippen LogP contribution < -0.4 is 9.47 Å². The number of pyridine rings is 2. The molecule has 0 bridgehead atoms. The normalized spacial score (nSPS) is 13.1. The smallest absolute Gasteiger partial charge is 0.132 e. The Morgan fingerprint density at radius 1 is 0.569 bits per heavy atom. The van der Waals surface area contributed by atoms with Gasteiger partial charge in [0.2, 0.25) is 0 Å². The maximum Gasteiger partial charge on any atom is 0.132 e. The number of fused-ring (bicyclic) bond motifs is 2. The van der Waals surface area contributed by atoms with E-state index in [0.29, 0.717) is 0 Å². The van der Waals surface area contributed by atoms with Gasteiger partial charge in [-0.1, -0.05) is 93.6 Å². The lowest BCUT2D eigenvalue weighted by atomic mass is 9.65. The summed E-state index contributed by atoms with van der Waals surface area (Å²) in [5, 5.41) is 0. The molecule has 5 aromatic carbocycles. The van der Waals surface area contributed by atoms with Crippen molar-refractivity contribution in [2.45, 2.75) is 45.4 Å². The van der Waals surface area contributed by atoms with Crippen LogP contribution in [-0.4, -0.2) is 9.97 Å². The quantitative estimate of drug-likeness (QED) is 0.177. The summed E-state index contributed by atoms with van der Waals surface area (Å²) >= 11 is 0. The second-order valence-electron chi connectivity index (χ2n) is 14.4. The molecule has 0 saturated heterocycles. The highest BCUT2D eigenvalue weighted by molar-refractivity contribution is 5.78. The first-order valence-electron chi connectivity index (χ1n) is 17.5. The number of hydrogen-bond acceptors (Lipinski definition) is 4. The highest BCUT2D eigenvalue weighted by Gasteiger charge is 2.46. The molecule has 0 spiro atoms. The SMILES string of the molecule is Cc1cccc(C)c1-c1cc(Oc2cccc(C3(c4ccccn4)c4ccccc4Oc4ccccc43)c2)cc(-c2cc(C(C)(C)C)ccn2)c1. The van der Waals surface area contributed by atoms with Gasteiger partial charge in [-0.05, 0) is 119 Å². The zero-order valence-corrected chi connectivity index (χ0v) is 29.6. The molecule has 2 aromatic heterocycles. The maximum absolute atomic E-state index is 6.89. The van der Waals surface area contributed by atoms with Gasteiger partial charge < -0.3 is 9.47 Å². The number of nitrogens with zero attached hydrogens (tertiary/aromatic N) is 2. The van der Waals surface area contributed by atoms with Crippen LogP contribution in [-0.2, 0) is 10.8 Å². The van der Waals surface area contributed by atoms with Gasteiger partial charge in [0.15, 0.2) is 0 Å². The molecule has 0 aliphatic carbocycles. The topological polar surface area (TPSA) is 44.2 Å². The van der Waals surface area contributed by atoms with Gasteiger partial charge in [0.25, 0.3) is 0 Å². The van der Waals surface area contributed by atoms with Crippen LogP contribution in [0.15, 0.2) is 152 Å². The van der Waals surface area contributed by atoms with Crippen molar-refractivity contribution in [1.82, 2.24) is 9.97 Å². The Bertz CT molecular complexity index is 2320. The van der Waals surface area contributed by atoms with Gasteiger partial charge in [-0.2, -0.15) is 0 Å². The maximum atomic E-state index is 6.89. The third kappa shape index (κ3) is 5.77. The summed E-state index contributed by atoms with van der Waals surface area (Å²) in [6, 6.07) is 48.3. The molecule has 7 aromatic rings. The van der Waals surface area contributed by atoms with E-state index in [0.717, 1.165) is 62.2 Å². The zero-order valence-electron chi connectivity index (χ0n) is 29.6. The summed E-state index contributed by atoms with van der Waals surface area (Å²) in [6.45, 7) is 11.0. The molecule has 0 saturated carbocycles. The second-order valence-corrected chi connectivity index (χ2v) is 14.4. The van der Waals surface area contributed by atoms with E-state index in [1.54, 1.807) is 0 Å². The summed E-state index contributed by atoms with van der Waals surface area (Å²) in [4.78, 5) is 9.83. The molecular weight excluding hydrogens is 625 g/mol. The van der Waals surface area contributed by atoms with E-state index in [-0.39, 0.29) is 5.41 Å². The van der Waals surface area contributed by atoms with Crippen molar-refractivity contribution in [3.8, 4) is 45.4 Å². The van der Waals surface area contributed by atoms with E-state index >= 15 is 0 Å². The molecule has 4 heteroatoms. The number of aryl methyl sites for hydroxylation is 2. The lowest BCUT2D eigenvalue weighted by Gasteiger charge is -2.40. The molecule has 0 unspecified atom stereocenters. The van der Waals surface area contributed by atoms with Crippen molar-refractivity contribution < 1.29 is 9.47 Å². The number of para-hydroxylation sites is 2. The van der Waals surface area contributed by atoms with Crippen LogP contribution in [0.25, 0.3) is 22.4 Å². The number of aromatic nitrogens is 2. The van der Waals surface area contributed by atoms with Crippen molar-refractivity contribution in [3.63, 3.8) is 0 Å². The van der Waals surface area contributed by atoms with Gasteiger partial charge in [-0.25, -0.2) is 0 Å². The Hall–Kier alpha value is -6.00. The number of rotatable bonds is 6. The summed E-state index contributed by atoms with van der Waals surface area (Å²) in [5.74, 6) is 3.09. The second kappa shape index (κ2) is 12.7. The third-order valence-corrected chi connectivity index (χ3v) is 9.95. The fourth-order valence-corrected chi connectivity index (χ4v) is 7.52. The standard InChI is InChI=1S/C47H40N2O2/c1-31-14-12-15-32(2)45(31)34-26-33(41-30-35(23-25-48-41)46(3,4)5)27-38(28-34)50-37-17-13-16-36(29-37)47(44-22-10-11-24-49-44)39-18-6-8-20-42(39)51-43-21-9-7-19-40(43)47/h6-30H,1-5H3. The fraction of sp³-hybridized carbons (Fsp3) is 0.149. The molecule has 1 aliphatic rings. The van der Waals surface area contributed by atoms with Gasteiger partial charge in [-0.3, -0.25) is 9.97 Å². The van der Waals surface area contributed by atoms with Crippen LogP contribution in [0.1, 0.15) is 59.8 Å². The highest BCUT2D eigenvalue weighted by atomic mass is 16.5. The summed E-state index contributed by atoms with van der Waals surface area (Å²) in [7, 11) is 0. The lowest BCUT2D eigenvalue weighted by molar-refractivity contribution is 0.431. The van der Waals surface area contributed by atoms with E-state index in [2.05, 4.69) is 132 Å². The Kier molecular flexibility index (Phi) is 8.03. The van der Waals surface area contributed by atoms with Crippen molar-refractivity contribution in [1.29, 1.82) is 0 Å². The molecule has 0 amide bonds. The van der Waals surface area contributed by atoms with Crippen LogP contribution in [0.3, 0.4) is 0 Å². The first-order chi connectivity index (χ1) is 24.7. The number of ether oxygens (including phenoxy) is 2. The first kappa shape index (κ1) is 32.2.